The standard InChI is InChI=1S/C5H8N2S/c1-7(2)5-3-4-8-6-5/h3-4H,1-2H3. The molecule has 0 spiro atoms. The summed E-state index contributed by atoms with van der Waals surface area (Å²) in [7, 11) is 3.96. The molecule has 0 saturated heterocycles. The minimum Gasteiger partial charge on any atom is -0.362 e. The topological polar surface area (TPSA) is 16.1 Å². The monoisotopic (exact) mass is 128 g/mol. The molecule has 8 heavy (non-hydrogen) atoms. The van der Waals surface area contributed by atoms with Crippen LogP contribution in [-0.4, -0.2) is 18.5 Å². The first-order chi connectivity index (χ1) is 3.80. The third-order valence-electron chi connectivity index (χ3n) is 0.882. The van der Waals surface area contributed by atoms with Crippen LogP contribution in [0.5, 0.6) is 0 Å². The maximum atomic E-state index is 4.08. The third-order valence-corrected chi connectivity index (χ3v) is 1.43. The first kappa shape index (κ1) is 5.56. The van der Waals surface area contributed by atoms with Gasteiger partial charge >= 0.3 is 0 Å². The fraction of sp³-hybridized carbons (Fsp3) is 0.400. The maximum Gasteiger partial charge on any atom is 0.141 e. The van der Waals surface area contributed by atoms with Crippen LogP contribution in [-0.2, 0) is 0 Å². The summed E-state index contributed by atoms with van der Waals surface area (Å²) in [6.07, 6.45) is 0. The molecule has 2 nitrogen and oxygen atoms in total. The Balaban J connectivity index is 2.77. The lowest BCUT2D eigenvalue weighted by atomic mass is 10.6. The van der Waals surface area contributed by atoms with Crippen LogP contribution in [0.1, 0.15) is 0 Å². The molecule has 0 saturated carbocycles. The molecule has 0 radical (unpaired) electrons. The van der Waals surface area contributed by atoms with Crippen LogP contribution in [0.25, 0.3) is 0 Å². The van der Waals surface area contributed by atoms with Crippen molar-refractivity contribution >= 4 is 17.4 Å². The summed E-state index contributed by atoms with van der Waals surface area (Å²) in [4.78, 5) is 1.98. The van der Waals surface area contributed by atoms with Gasteiger partial charge in [0.1, 0.15) is 5.82 Å². The zero-order chi connectivity index (χ0) is 5.98. The molecule has 0 amide bonds. The molecule has 0 unspecified atom stereocenters. The first-order valence-corrected chi connectivity index (χ1v) is 3.22. The van der Waals surface area contributed by atoms with Crippen LogP contribution in [0.15, 0.2) is 11.4 Å². The first-order valence-electron chi connectivity index (χ1n) is 2.38. The van der Waals surface area contributed by atoms with E-state index in [9.17, 15) is 0 Å². The predicted octanol–water partition coefficient (Wildman–Crippen LogP) is 1.21. The molecular weight excluding hydrogens is 120 g/mol. The molecule has 1 rings (SSSR count). The van der Waals surface area contributed by atoms with E-state index in [4.69, 9.17) is 0 Å². The van der Waals surface area contributed by atoms with E-state index in [2.05, 4.69) is 4.37 Å². The lowest BCUT2D eigenvalue weighted by Crippen LogP contribution is -2.07. The number of nitrogens with zero attached hydrogens (tertiary/aromatic N) is 2. The van der Waals surface area contributed by atoms with Crippen molar-refractivity contribution in [3.05, 3.63) is 11.4 Å². The van der Waals surface area contributed by atoms with Gasteiger partial charge in [-0.05, 0) is 17.6 Å². The fourth-order valence-corrected chi connectivity index (χ4v) is 1.01. The van der Waals surface area contributed by atoms with Crippen LogP contribution in [0.2, 0.25) is 0 Å². The maximum absolute atomic E-state index is 4.08. The van der Waals surface area contributed by atoms with Crippen LogP contribution >= 0.6 is 11.5 Å². The second-order valence-electron chi connectivity index (χ2n) is 1.75. The zero-order valence-corrected chi connectivity index (χ0v) is 5.77. The molecule has 1 aromatic heterocycles. The van der Waals surface area contributed by atoms with Crippen molar-refractivity contribution in [3.63, 3.8) is 0 Å². The predicted molar refractivity (Wildman–Crippen MR) is 36.4 cm³/mol. The second-order valence-corrected chi connectivity index (χ2v) is 2.42. The van der Waals surface area contributed by atoms with Crippen LogP contribution in [0, 0.1) is 0 Å². The Morgan fingerprint density at radius 2 is 2.38 bits per heavy atom. The Hall–Kier alpha value is -0.570. The molecule has 0 aliphatic carbocycles. The molecule has 0 aliphatic rings. The zero-order valence-electron chi connectivity index (χ0n) is 4.96. The van der Waals surface area contributed by atoms with E-state index in [-0.39, 0.29) is 0 Å². The number of hydrogen-bond acceptors (Lipinski definition) is 3. The SMILES string of the molecule is CN(C)c1ccsn1. The van der Waals surface area contributed by atoms with E-state index in [0.29, 0.717) is 0 Å². The third kappa shape index (κ3) is 0.980. The molecule has 3 heteroatoms. The number of anilines is 1. The second kappa shape index (κ2) is 2.13. The highest BCUT2D eigenvalue weighted by molar-refractivity contribution is 7.03. The Bertz CT molecular complexity index is 145. The van der Waals surface area contributed by atoms with Crippen molar-refractivity contribution in [2.75, 3.05) is 19.0 Å². The van der Waals surface area contributed by atoms with Crippen LogP contribution < -0.4 is 4.90 Å². The minimum atomic E-state index is 1.04. The molecule has 0 aliphatic heterocycles. The Labute approximate surface area is 52.9 Å². The van der Waals surface area contributed by atoms with Gasteiger partial charge in [-0.3, -0.25) is 0 Å². The number of aromatic nitrogens is 1. The quantitative estimate of drug-likeness (QED) is 0.565. The van der Waals surface area contributed by atoms with Crippen molar-refractivity contribution in [2.24, 2.45) is 0 Å². The lowest BCUT2D eigenvalue weighted by Gasteiger charge is -2.04. The van der Waals surface area contributed by atoms with Gasteiger partial charge in [0.25, 0.3) is 0 Å². The molecular formula is C5H8N2S. The molecule has 0 atom stereocenters. The van der Waals surface area contributed by atoms with Gasteiger partial charge in [-0.2, -0.15) is 4.37 Å². The van der Waals surface area contributed by atoms with E-state index in [0.717, 1.165) is 5.82 Å². The summed E-state index contributed by atoms with van der Waals surface area (Å²) in [5.74, 6) is 1.04. The molecule has 44 valence electrons. The largest absolute Gasteiger partial charge is 0.362 e. The van der Waals surface area contributed by atoms with Crippen molar-refractivity contribution in [3.8, 4) is 0 Å². The van der Waals surface area contributed by atoms with E-state index in [1.807, 2.05) is 30.4 Å². The minimum absolute atomic E-state index is 1.04. The normalized spacial score (nSPS) is 9.25. The Morgan fingerprint density at radius 3 is 2.62 bits per heavy atom. The van der Waals surface area contributed by atoms with Gasteiger partial charge in [0.15, 0.2) is 0 Å². The average molecular weight is 128 g/mol. The van der Waals surface area contributed by atoms with Gasteiger partial charge in [0.2, 0.25) is 0 Å². The van der Waals surface area contributed by atoms with Gasteiger partial charge in [-0.1, -0.05) is 0 Å². The number of hydrogen-bond donors (Lipinski definition) is 0. The number of rotatable bonds is 1. The Morgan fingerprint density at radius 1 is 1.62 bits per heavy atom. The highest BCUT2D eigenvalue weighted by Gasteiger charge is 1.92. The van der Waals surface area contributed by atoms with Gasteiger partial charge in [-0.25, -0.2) is 0 Å². The van der Waals surface area contributed by atoms with Gasteiger partial charge in [0, 0.05) is 19.5 Å². The van der Waals surface area contributed by atoms with Crippen molar-refractivity contribution < 1.29 is 0 Å². The summed E-state index contributed by atoms with van der Waals surface area (Å²) in [6.45, 7) is 0. The molecule has 0 N–H and O–H groups in total. The van der Waals surface area contributed by atoms with E-state index >= 15 is 0 Å². The summed E-state index contributed by atoms with van der Waals surface area (Å²) in [6, 6.07) is 1.99. The summed E-state index contributed by atoms with van der Waals surface area (Å²) in [5.41, 5.74) is 0. The molecule has 0 bridgehead atoms. The summed E-state index contributed by atoms with van der Waals surface area (Å²) in [5, 5.41) is 1.97. The van der Waals surface area contributed by atoms with Gasteiger partial charge in [0.05, 0.1) is 0 Å². The summed E-state index contributed by atoms with van der Waals surface area (Å²) < 4.78 is 4.08. The van der Waals surface area contributed by atoms with Crippen LogP contribution in [0.4, 0.5) is 5.82 Å². The highest BCUT2D eigenvalue weighted by Crippen LogP contribution is 2.07. The van der Waals surface area contributed by atoms with E-state index < -0.39 is 0 Å². The average Bonchev–Trinajstić information content (AvgIpc) is 2.12. The molecule has 1 heterocycles. The fourth-order valence-electron chi connectivity index (χ4n) is 0.437. The smallest absolute Gasteiger partial charge is 0.141 e. The van der Waals surface area contributed by atoms with Crippen LogP contribution in [0.3, 0.4) is 0 Å². The van der Waals surface area contributed by atoms with Crippen molar-refractivity contribution in [1.82, 2.24) is 4.37 Å². The van der Waals surface area contributed by atoms with Crippen molar-refractivity contribution in [1.29, 1.82) is 0 Å². The van der Waals surface area contributed by atoms with Gasteiger partial charge in [-0.15, -0.1) is 0 Å². The summed E-state index contributed by atoms with van der Waals surface area (Å²) >= 11 is 1.48. The van der Waals surface area contributed by atoms with Crippen molar-refractivity contribution in [2.45, 2.75) is 0 Å². The molecule has 0 aromatic carbocycles. The Kier molecular flexibility index (Phi) is 1.48. The van der Waals surface area contributed by atoms with E-state index in [1.165, 1.54) is 11.5 Å². The lowest BCUT2D eigenvalue weighted by molar-refractivity contribution is 1.10. The highest BCUT2D eigenvalue weighted by atomic mass is 32.1. The molecule has 0 fully saturated rings. The van der Waals surface area contributed by atoms with Gasteiger partial charge < -0.3 is 4.90 Å². The van der Waals surface area contributed by atoms with E-state index in [1.54, 1.807) is 0 Å². The molecule has 1 aromatic rings.